The Balaban J connectivity index is 1.84. The Morgan fingerprint density at radius 1 is 1.06 bits per heavy atom. The second-order valence-electron chi connectivity index (χ2n) is 4.86. The number of hydrogen-bond acceptors (Lipinski definition) is 2. The second-order valence-corrected chi connectivity index (χ2v) is 5.48. The van der Waals surface area contributed by atoms with Gasteiger partial charge in [0, 0.05) is 11.8 Å². The van der Waals surface area contributed by atoms with Crippen molar-refractivity contribution in [3.05, 3.63) is 23.8 Å². The van der Waals surface area contributed by atoms with E-state index >= 15 is 0 Å². The molecule has 0 spiro atoms. The van der Waals surface area contributed by atoms with Crippen LogP contribution in [0.3, 0.4) is 0 Å². The van der Waals surface area contributed by atoms with E-state index in [2.05, 4.69) is 12.1 Å². The lowest BCUT2D eigenvalue weighted by Gasteiger charge is -2.13. The molecule has 1 aliphatic carbocycles. The summed E-state index contributed by atoms with van der Waals surface area (Å²) in [5, 5.41) is 0.343. The van der Waals surface area contributed by atoms with Gasteiger partial charge in [0.25, 0.3) is 0 Å². The zero-order valence-corrected chi connectivity index (χ0v) is 10.6. The van der Waals surface area contributed by atoms with Crippen molar-refractivity contribution in [1.29, 1.82) is 0 Å². The smallest absolute Gasteiger partial charge is 0.161 e. The average molecular weight is 253 g/mol. The zero-order valence-electron chi connectivity index (χ0n) is 9.82. The topological polar surface area (TPSA) is 18.5 Å². The van der Waals surface area contributed by atoms with Crippen LogP contribution in [0, 0.1) is 0 Å². The molecule has 1 saturated carbocycles. The molecule has 2 atom stereocenters. The summed E-state index contributed by atoms with van der Waals surface area (Å²) in [6, 6.07) is 6.34. The second kappa shape index (κ2) is 4.77. The Bertz CT molecular complexity index is 405. The third kappa shape index (κ3) is 2.37. The molecule has 0 amide bonds. The summed E-state index contributed by atoms with van der Waals surface area (Å²) >= 11 is 6.17. The van der Waals surface area contributed by atoms with Gasteiger partial charge in [0.15, 0.2) is 11.5 Å². The summed E-state index contributed by atoms with van der Waals surface area (Å²) in [5.41, 5.74) is 1.34. The van der Waals surface area contributed by atoms with Crippen LogP contribution in [0.1, 0.15) is 37.2 Å². The first-order chi connectivity index (χ1) is 8.33. The van der Waals surface area contributed by atoms with Crippen molar-refractivity contribution in [1.82, 2.24) is 0 Å². The standard InChI is InChI=1S/C14H17ClO2/c15-12-4-2-10(8-12)11-3-5-13-14(9-11)17-7-1-6-16-13/h3,5,9-10,12H,1-2,4,6-8H2. The van der Waals surface area contributed by atoms with Gasteiger partial charge in [0.2, 0.25) is 0 Å². The summed E-state index contributed by atoms with van der Waals surface area (Å²) in [7, 11) is 0. The highest BCUT2D eigenvalue weighted by Gasteiger charge is 2.25. The molecule has 0 saturated heterocycles. The third-order valence-electron chi connectivity index (χ3n) is 3.61. The lowest BCUT2D eigenvalue weighted by atomic mass is 9.97. The van der Waals surface area contributed by atoms with Crippen LogP contribution in [0.5, 0.6) is 11.5 Å². The van der Waals surface area contributed by atoms with Crippen LogP contribution in [-0.2, 0) is 0 Å². The fraction of sp³-hybridized carbons (Fsp3) is 0.571. The first-order valence-electron chi connectivity index (χ1n) is 6.36. The summed E-state index contributed by atoms with van der Waals surface area (Å²) in [5.74, 6) is 2.37. The molecule has 1 aliphatic heterocycles. The first-order valence-corrected chi connectivity index (χ1v) is 6.80. The van der Waals surface area contributed by atoms with Crippen molar-refractivity contribution in [3.8, 4) is 11.5 Å². The van der Waals surface area contributed by atoms with Gasteiger partial charge in [0.1, 0.15) is 0 Å². The lowest BCUT2D eigenvalue weighted by molar-refractivity contribution is 0.297. The molecule has 1 fully saturated rings. The average Bonchev–Trinajstić information content (AvgIpc) is 2.64. The molecular weight excluding hydrogens is 236 g/mol. The maximum Gasteiger partial charge on any atom is 0.161 e. The molecule has 0 N–H and O–H groups in total. The van der Waals surface area contributed by atoms with Crippen LogP contribution in [-0.4, -0.2) is 18.6 Å². The van der Waals surface area contributed by atoms with E-state index in [9.17, 15) is 0 Å². The first kappa shape index (κ1) is 11.2. The number of ether oxygens (including phenoxy) is 2. The van der Waals surface area contributed by atoms with E-state index in [1.54, 1.807) is 0 Å². The molecule has 2 nitrogen and oxygen atoms in total. The van der Waals surface area contributed by atoms with Crippen LogP contribution in [0.15, 0.2) is 18.2 Å². The largest absolute Gasteiger partial charge is 0.490 e. The van der Waals surface area contributed by atoms with E-state index < -0.39 is 0 Å². The van der Waals surface area contributed by atoms with Gasteiger partial charge in [-0.25, -0.2) is 0 Å². The van der Waals surface area contributed by atoms with E-state index in [-0.39, 0.29) is 0 Å². The van der Waals surface area contributed by atoms with Crippen molar-refractivity contribution in [3.63, 3.8) is 0 Å². The molecule has 2 aliphatic rings. The summed E-state index contributed by atoms with van der Waals surface area (Å²) in [6.45, 7) is 1.50. The maximum absolute atomic E-state index is 6.17. The van der Waals surface area contributed by atoms with Gasteiger partial charge < -0.3 is 9.47 Å². The lowest BCUT2D eigenvalue weighted by Crippen LogP contribution is -1.98. The zero-order chi connectivity index (χ0) is 11.7. The predicted molar refractivity (Wildman–Crippen MR) is 68.3 cm³/mol. The normalized spacial score (nSPS) is 27.8. The molecule has 17 heavy (non-hydrogen) atoms. The third-order valence-corrected chi connectivity index (χ3v) is 4.01. The minimum atomic E-state index is 0.343. The molecule has 1 heterocycles. The molecule has 3 rings (SSSR count). The van der Waals surface area contributed by atoms with Gasteiger partial charge >= 0.3 is 0 Å². The summed E-state index contributed by atoms with van der Waals surface area (Å²) < 4.78 is 11.4. The van der Waals surface area contributed by atoms with Crippen molar-refractivity contribution >= 4 is 11.6 Å². The van der Waals surface area contributed by atoms with E-state index in [4.69, 9.17) is 21.1 Å². The van der Waals surface area contributed by atoms with Crippen LogP contribution in [0.4, 0.5) is 0 Å². The van der Waals surface area contributed by atoms with Gasteiger partial charge in [0.05, 0.1) is 13.2 Å². The predicted octanol–water partition coefficient (Wildman–Crippen LogP) is 3.72. The number of fused-ring (bicyclic) bond motifs is 1. The Morgan fingerprint density at radius 3 is 2.65 bits per heavy atom. The molecule has 1 aromatic carbocycles. The fourth-order valence-electron chi connectivity index (χ4n) is 2.66. The van der Waals surface area contributed by atoms with E-state index in [0.29, 0.717) is 11.3 Å². The number of halogens is 1. The van der Waals surface area contributed by atoms with Crippen molar-refractivity contribution in [2.24, 2.45) is 0 Å². The van der Waals surface area contributed by atoms with Crippen molar-refractivity contribution < 1.29 is 9.47 Å². The Hall–Kier alpha value is -0.890. The molecule has 0 radical (unpaired) electrons. The highest BCUT2D eigenvalue weighted by Crippen LogP contribution is 2.40. The van der Waals surface area contributed by atoms with Gasteiger partial charge in [-0.1, -0.05) is 6.07 Å². The number of alkyl halides is 1. The van der Waals surface area contributed by atoms with E-state index in [1.807, 2.05) is 6.07 Å². The maximum atomic E-state index is 6.17. The SMILES string of the molecule is ClC1CCC(c2ccc3c(c2)OCCCO3)C1. The van der Waals surface area contributed by atoms with Gasteiger partial charge in [-0.2, -0.15) is 0 Å². The number of benzene rings is 1. The minimum Gasteiger partial charge on any atom is -0.490 e. The Morgan fingerprint density at radius 2 is 1.88 bits per heavy atom. The van der Waals surface area contributed by atoms with E-state index in [0.717, 1.165) is 44.0 Å². The van der Waals surface area contributed by atoms with Crippen LogP contribution in [0.2, 0.25) is 0 Å². The van der Waals surface area contributed by atoms with Crippen molar-refractivity contribution in [2.75, 3.05) is 13.2 Å². The fourth-order valence-corrected chi connectivity index (χ4v) is 3.00. The summed E-state index contributed by atoms with van der Waals surface area (Å²) in [6.07, 6.45) is 4.35. The number of rotatable bonds is 1. The Kier molecular flexibility index (Phi) is 3.15. The van der Waals surface area contributed by atoms with E-state index in [1.165, 1.54) is 12.0 Å². The van der Waals surface area contributed by atoms with Gasteiger partial charge in [-0.15, -0.1) is 11.6 Å². The molecule has 0 aromatic heterocycles. The summed E-state index contributed by atoms with van der Waals surface area (Å²) in [4.78, 5) is 0. The highest BCUT2D eigenvalue weighted by molar-refractivity contribution is 6.20. The van der Waals surface area contributed by atoms with Gasteiger partial charge in [-0.3, -0.25) is 0 Å². The molecule has 1 aromatic rings. The van der Waals surface area contributed by atoms with Crippen LogP contribution in [0.25, 0.3) is 0 Å². The highest BCUT2D eigenvalue weighted by atomic mass is 35.5. The molecule has 2 unspecified atom stereocenters. The quantitative estimate of drug-likeness (QED) is 0.709. The monoisotopic (exact) mass is 252 g/mol. The molecule has 3 heteroatoms. The number of hydrogen-bond donors (Lipinski definition) is 0. The molecule has 0 bridgehead atoms. The Labute approximate surface area is 107 Å². The minimum absolute atomic E-state index is 0.343. The van der Waals surface area contributed by atoms with Crippen molar-refractivity contribution in [2.45, 2.75) is 37.0 Å². The van der Waals surface area contributed by atoms with Crippen LogP contribution < -0.4 is 9.47 Å². The van der Waals surface area contributed by atoms with Gasteiger partial charge in [-0.05, 0) is 42.9 Å². The molecule has 92 valence electrons. The molecular formula is C14H17ClO2. The van der Waals surface area contributed by atoms with Crippen LogP contribution >= 0.6 is 11.6 Å².